The van der Waals surface area contributed by atoms with Crippen molar-refractivity contribution in [2.24, 2.45) is 0 Å². The summed E-state index contributed by atoms with van der Waals surface area (Å²) in [7, 11) is 0. The second kappa shape index (κ2) is 9.03. The molecule has 0 radical (unpaired) electrons. The summed E-state index contributed by atoms with van der Waals surface area (Å²) in [5, 5.41) is 10.8. The number of rotatable bonds is 6. The van der Waals surface area contributed by atoms with E-state index in [0.717, 1.165) is 5.56 Å². The van der Waals surface area contributed by atoms with Gasteiger partial charge >= 0.3 is 0 Å². The molecule has 0 aliphatic heterocycles. The maximum atomic E-state index is 12.9. The normalized spacial score (nSPS) is 11.8. The summed E-state index contributed by atoms with van der Waals surface area (Å²) in [4.78, 5) is 43.3. The molecule has 162 valence electrons. The zero-order chi connectivity index (χ0) is 22.7. The molecule has 32 heavy (non-hydrogen) atoms. The molecule has 3 N–H and O–H groups in total. The molecule has 10 heteroatoms. The highest BCUT2D eigenvalue weighted by atomic mass is 35.5. The maximum absolute atomic E-state index is 12.9. The summed E-state index contributed by atoms with van der Waals surface area (Å²) in [5.74, 6) is -0.564. The third-order valence-electron chi connectivity index (χ3n) is 4.82. The van der Waals surface area contributed by atoms with Gasteiger partial charge in [-0.2, -0.15) is 5.10 Å². The molecule has 1 atom stereocenters. The van der Waals surface area contributed by atoms with Crippen LogP contribution >= 0.6 is 11.6 Å². The SMILES string of the molecule is CC(=O)NC(CC(=O)Nc1ccccc1-n1ncc2c(=O)[nH]cnc21)c1ccc(Cl)cc1. The predicted octanol–water partition coefficient (Wildman–Crippen LogP) is 2.97. The van der Waals surface area contributed by atoms with Crippen LogP contribution in [0.4, 0.5) is 5.69 Å². The summed E-state index contributed by atoms with van der Waals surface area (Å²) in [6.07, 6.45) is 2.73. The molecule has 2 aromatic heterocycles. The van der Waals surface area contributed by atoms with Crippen LogP contribution in [-0.2, 0) is 9.59 Å². The van der Waals surface area contributed by atoms with Crippen molar-refractivity contribution in [2.45, 2.75) is 19.4 Å². The minimum Gasteiger partial charge on any atom is -0.349 e. The molecule has 0 spiro atoms. The average molecular weight is 451 g/mol. The second-order valence-electron chi connectivity index (χ2n) is 7.10. The van der Waals surface area contributed by atoms with Crippen LogP contribution in [0.2, 0.25) is 5.02 Å². The van der Waals surface area contributed by atoms with Crippen molar-refractivity contribution in [2.75, 3.05) is 5.32 Å². The zero-order valence-electron chi connectivity index (χ0n) is 17.0. The first kappa shape index (κ1) is 21.3. The van der Waals surface area contributed by atoms with E-state index in [4.69, 9.17) is 11.6 Å². The standard InChI is InChI=1S/C22H19ClN6O3/c1-13(30)27-18(14-6-8-15(23)9-7-14)10-20(31)28-17-4-2-3-5-19(17)29-21-16(11-26-29)22(32)25-12-24-21/h2-9,11-12,18H,10H2,1H3,(H,27,30)(H,28,31)(H,24,25,32). The van der Waals surface area contributed by atoms with E-state index < -0.39 is 6.04 Å². The van der Waals surface area contributed by atoms with Crippen molar-refractivity contribution in [3.8, 4) is 5.69 Å². The van der Waals surface area contributed by atoms with Gasteiger partial charge in [-0.25, -0.2) is 9.67 Å². The molecule has 0 saturated heterocycles. The lowest BCUT2D eigenvalue weighted by Crippen LogP contribution is -2.30. The molecule has 0 aliphatic carbocycles. The van der Waals surface area contributed by atoms with Crippen molar-refractivity contribution < 1.29 is 9.59 Å². The Hall–Kier alpha value is -3.98. The van der Waals surface area contributed by atoms with Crippen molar-refractivity contribution >= 4 is 40.1 Å². The van der Waals surface area contributed by atoms with E-state index in [1.54, 1.807) is 48.5 Å². The van der Waals surface area contributed by atoms with Crippen LogP contribution in [0.1, 0.15) is 24.9 Å². The quantitative estimate of drug-likeness (QED) is 0.417. The fourth-order valence-corrected chi connectivity index (χ4v) is 3.50. The third kappa shape index (κ3) is 4.52. The number of para-hydroxylation sites is 2. The van der Waals surface area contributed by atoms with Gasteiger partial charge in [0.2, 0.25) is 11.8 Å². The smallest absolute Gasteiger partial charge is 0.261 e. The van der Waals surface area contributed by atoms with E-state index >= 15 is 0 Å². The molecular formula is C22H19ClN6O3. The first-order chi connectivity index (χ1) is 15.4. The topological polar surface area (TPSA) is 122 Å². The van der Waals surface area contributed by atoms with Gasteiger partial charge in [0, 0.05) is 11.9 Å². The van der Waals surface area contributed by atoms with E-state index in [1.165, 1.54) is 24.1 Å². The largest absolute Gasteiger partial charge is 0.349 e. The van der Waals surface area contributed by atoms with Gasteiger partial charge in [0.1, 0.15) is 5.39 Å². The van der Waals surface area contributed by atoms with Gasteiger partial charge in [-0.05, 0) is 29.8 Å². The number of benzene rings is 2. The number of aromatic nitrogens is 4. The highest BCUT2D eigenvalue weighted by Crippen LogP contribution is 2.24. The van der Waals surface area contributed by atoms with Crippen LogP contribution in [0, 0.1) is 0 Å². The molecular weight excluding hydrogens is 432 g/mol. The molecule has 9 nitrogen and oxygen atoms in total. The van der Waals surface area contributed by atoms with E-state index in [-0.39, 0.29) is 23.8 Å². The van der Waals surface area contributed by atoms with Crippen LogP contribution in [0.3, 0.4) is 0 Å². The van der Waals surface area contributed by atoms with Crippen LogP contribution in [0.5, 0.6) is 0 Å². The lowest BCUT2D eigenvalue weighted by atomic mass is 10.0. The highest BCUT2D eigenvalue weighted by Gasteiger charge is 2.19. The number of aromatic amines is 1. The Kier molecular flexibility index (Phi) is 6.00. The van der Waals surface area contributed by atoms with Crippen LogP contribution < -0.4 is 16.2 Å². The van der Waals surface area contributed by atoms with Crippen molar-refractivity contribution in [3.63, 3.8) is 0 Å². The fourth-order valence-electron chi connectivity index (χ4n) is 3.38. The molecule has 1 unspecified atom stereocenters. The Labute approximate surface area is 187 Å². The van der Waals surface area contributed by atoms with E-state index in [2.05, 4.69) is 25.7 Å². The maximum Gasteiger partial charge on any atom is 0.261 e. The Morgan fingerprint density at radius 3 is 2.66 bits per heavy atom. The Bertz CT molecular complexity index is 1350. The van der Waals surface area contributed by atoms with Crippen LogP contribution in [0.15, 0.2) is 65.8 Å². The summed E-state index contributed by atoms with van der Waals surface area (Å²) in [6.45, 7) is 1.40. The highest BCUT2D eigenvalue weighted by molar-refractivity contribution is 6.30. The molecule has 4 aromatic rings. The first-order valence-electron chi connectivity index (χ1n) is 9.75. The van der Waals surface area contributed by atoms with E-state index in [9.17, 15) is 14.4 Å². The van der Waals surface area contributed by atoms with Gasteiger partial charge in [-0.3, -0.25) is 14.4 Å². The van der Waals surface area contributed by atoms with Gasteiger partial charge in [0.25, 0.3) is 5.56 Å². The number of H-pyrrole nitrogens is 1. The number of amides is 2. The van der Waals surface area contributed by atoms with Crippen molar-refractivity contribution in [1.82, 2.24) is 25.1 Å². The number of hydrogen-bond donors (Lipinski definition) is 3. The van der Waals surface area contributed by atoms with Crippen molar-refractivity contribution in [3.05, 3.63) is 82.0 Å². The number of fused-ring (bicyclic) bond motifs is 1. The fraction of sp³-hybridized carbons (Fsp3) is 0.136. The summed E-state index contributed by atoms with van der Waals surface area (Å²) >= 11 is 5.95. The molecule has 2 aromatic carbocycles. The lowest BCUT2D eigenvalue weighted by Gasteiger charge is -2.19. The molecule has 0 saturated carbocycles. The lowest BCUT2D eigenvalue weighted by molar-refractivity contribution is -0.120. The Morgan fingerprint density at radius 1 is 1.16 bits per heavy atom. The average Bonchev–Trinajstić information content (AvgIpc) is 3.19. The summed E-state index contributed by atoms with van der Waals surface area (Å²) in [6, 6.07) is 13.5. The molecule has 0 bridgehead atoms. The van der Waals surface area contributed by atoms with Crippen LogP contribution in [-0.4, -0.2) is 31.6 Å². The summed E-state index contributed by atoms with van der Waals surface area (Å²) < 4.78 is 1.49. The Morgan fingerprint density at radius 2 is 1.91 bits per heavy atom. The minimum atomic E-state index is -0.525. The van der Waals surface area contributed by atoms with Gasteiger partial charge in [0.05, 0.1) is 36.4 Å². The Balaban J connectivity index is 1.61. The van der Waals surface area contributed by atoms with Gasteiger partial charge in [-0.1, -0.05) is 35.9 Å². The summed E-state index contributed by atoms with van der Waals surface area (Å²) in [5.41, 5.74) is 1.87. The molecule has 0 fully saturated rings. The molecule has 0 aliphatic rings. The van der Waals surface area contributed by atoms with Gasteiger partial charge in [0.15, 0.2) is 5.65 Å². The van der Waals surface area contributed by atoms with E-state index in [0.29, 0.717) is 27.4 Å². The number of hydrogen-bond acceptors (Lipinski definition) is 5. The predicted molar refractivity (Wildman–Crippen MR) is 121 cm³/mol. The third-order valence-corrected chi connectivity index (χ3v) is 5.07. The van der Waals surface area contributed by atoms with Crippen LogP contribution in [0.25, 0.3) is 16.7 Å². The molecule has 4 rings (SSSR count). The first-order valence-corrected chi connectivity index (χ1v) is 10.1. The minimum absolute atomic E-state index is 0.00726. The number of nitrogens with zero attached hydrogens (tertiary/aromatic N) is 3. The number of carbonyl (C=O) groups excluding carboxylic acids is 2. The number of halogens is 1. The van der Waals surface area contributed by atoms with Gasteiger partial charge < -0.3 is 15.6 Å². The number of carbonyl (C=O) groups is 2. The van der Waals surface area contributed by atoms with Gasteiger partial charge in [-0.15, -0.1) is 0 Å². The number of anilines is 1. The molecule has 2 amide bonds. The second-order valence-corrected chi connectivity index (χ2v) is 7.54. The monoisotopic (exact) mass is 450 g/mol. The van der Waals surface area contributed by atoms with Crippen molar-refractivity contribution in [1.29, 1.82) is 0 Å². The molecule has 2 heterocycles. The zero-order valence-corrected chi connectivity index (χ0v) is 17.8. The number of nitrogens with one attached hydrogen (secondary N) is 3. The van der Waals surface area contributed by atoms with E-state index in [1.807, 2.05) is 0 Å².